The van der Waals surface area contributed by atoms with Crippen LogP contribution in [0.4, 0.5) is 5.13 Å². The first-order chi connectivity index (χ1) is 13.0. The normalized spacial score (nSPS) is 14.8. The third-order valence-corrected chi connectivity index (χ3v) is 5.79. The fourth-order valence-corrected chi connectivity index (χ4v) is 3.86. The molecule has 0 unspecified atom stereocenters. The first-order valence-electron chi connectivity index (χ1n) is 9.12. The molecule has 142 valence electrons. The van der Waals surface area contributed by atoms with Crippen LogP contribution in [0.2, 0.25) is 0 Å². The second-order valence-corrected chi connectivity index (χ2v) is 7.75. The average molecular weight is 385 g/mol. The summed E-state index contributed by atoms with van der Waals surface area (Å²) >= 11 is 1.19. The molecule has 0 atom stereocenters. The maximum Gasteiger partial charge on any atom is 0.229 e. The molecule has 2 amide bonds. The molecule has 1 N–H and O–H groups in total. The van der Waals surface area contributed by atoms with Crippen LogP contribution in [0.15, 0.2) is 36.5 Å². The Balaban J connectivity index is 1.44. The van der Waals surface area contributed by atoms with Gasteiger partial charge in [0.1, 0.15) is 0 Å². The van der Waals surface area contributed by atoms with Crippen LogP contribution in [0.5, 0.6) is 0 Å². The lowest BCUT2D eigenvalue weighted by atomic mass is 9.95. The number of benzene rings is 1. The Morgan fingerprint density at radius 3 is 2.52 bits per heavy atom. The molecule has 1 aromatic heterocycles. The van der Waals surface area contributed by atoms with Gasteiger partial charge in [-0.3, -0.25) is 14.4 Å². The molecule has 1 saturated heterocycles. The Kier molecular flexibility index (Phi) is 6.34. The second kappa shape index (κ2) is 8.90. The predicted octanol–water partition coefficient (Wildman–Crippen LogP) is 3.16. The molecule has 27 heavy (non-hydrogen) atoms. The Labute approximate surface area is 162 Å². The molecule has 2 heterocycles. The lowest BCUT2D eigenvalue weighted by Gasteiger charge is -2.31. The van der Waals surface area contributed by atoms with Crippen molar-refractivity contribution in [3.05, 3.63) is 47.0 Å². The van der Waals surface area contributed by atoms with Gasteiger partial charge >= 0.3 is 0 Å². The highest BCUT2D eigenvalue weighted by atomic mass is 32.1. The molecule has 1 aliphatic rings. The standard InChI is InChI=1S/C20H23N3O3S/c1-14(24)17-13-21-20(27-17)22-19(26)16-9-11-23(12-10-16)18(25)8-7-15-5-3-2-4-6-15/h2-6,13,16H,7-12H2,1H3,(H,21,22,26). The number of likely N-dealkylation sites (tertiary alicyclic amines) is 1. The number of nitrogens with one attached hydrogen (secondary N) is 1. The van der Waals surface area contributed by atoms with Crippen molar-refractivity contribution >= 4 is 34.1 Å². The van der Waals surface area contributed by atoms with E-state index in [1.54, 1.807) is 0 Å². The minimum Gasteiger partial charge on any atom is -0.343 e. The molecular formula is C20H23N3O3S. The Morgan fingerprint density at radius 2 is 1.89 bits per heavy atom. The van der Waals surface area contributed by atoms with Crippen molar-refractivity contribution < 1.29 is 14.4 Å². The van der Waals surface area contributed by atoms with E-state index in [0.29, 0.717) is 42.4 Å². The summed E-state index contributed by atoms with van der Waals surface area (Å²) < 4.78 is 0. The van der Waals surface area contributed by atoms with Crippen molar-refractivity contribution in [1.82, 2.24) is 9.88 Å². The van der Waals surface area contributed by atoms with Gasteiger partial charge in [0.2, 0.25) is 11.8 Å². The molecule has 3 rings (SSSR count). The van der Waals surface area contributed by atoms with Crippen LogP contribution in [0.1, 0.15) is 41.4 Å². The summed E-state index contributed by atoms with van der Waals surface area (Å²) in [5.41, 5.74) is 1.16. The van der Waals surface area contributed by atoms with Crippen molar-refractivity contribution in [3.8, 4) is 0 Å². The zero-order valence-electron chi connectivity index (χ0n) is 15.3. The number of piperidine rings is 1. The number of hydrogen-bond donors (Lipinski definition) is 1. The summed E-state index contributed by atoms with van der Waals surface area (Å²) in [5.74, 6) is -0.136. The lowest BCUT2D eigenvalue weighted by molar-refractivity contribution is -0.134. The van der Waals surface area contributed by atoms with E-state index in [2.05, 4.69) is 10.3 Å². The lowest BCUT2D eigenvalue weighted by Crippen LogP contribution is -2.41. The number of aromatic nitrogens is 1. The summed E-state index contributed by atoms with van der Waals surface area (Å²) in [7, 11) is 0. The Hall–Kier alpha value is -2.54. The minimum atomic E-state index is -0.132. The molecule has 1 fully saturated rings. The van der Waals surface area contributed by atoms with Gasteiger partial charge in [-0.25, -0.2) is 4.98 Å². The molecule has 2 aromatic rings. The number of hydrogen-bond acceptors (Lipinski definition) is 5. The van der Waals surface area contributed by atoms with E-state index >= 15 is 0 Å². The predicted molar refractivity (Wildman–Crippen MR) is 105 cm³/mol. The molecule has 0 aliphatic carbocycles. The zero-order chi connectivity index (χ0) is 19.2. The van der Waals surface area contributed by atoms with E-state index in [4.69, 9.17) is 0 Å². The van der Waals surface area contributed by atoms with Crippen LogP contribution >= 0.6 is 11.3 Å². The van der Waals surface area contributed by atoms with Crippen LogP contribution in [0.3, 0.4) is 0 Å². The molecule has 7 heteroatoms. The molecule has 6 nitrogen and oxygen atoms in total. The number of ketones is 1. The van der Waals surface area contributed by atoms with Gasteiger partial charge < -0.3 is 10.2 Å². The van der Waals surface area contributed by atoms with Crippen molar-refractivity contribution in [2.24, 2.45) is 5.92 Å². The van der Waals surface area contributed by atoms with Crippen LogP contribution in [0, 0.1) is 5.92 Å². The van der Waals surface area contributed by atoms with E-state index < -0.39 is 0 Å². The number of anilines is 1. The molecule has 0 saturated carbocycles. The van der Waals surface area contributed by atoms with Gasteiger partial charge in [-0.05, 0) is 24.8 Å². The minimum absolute atomic E-state index is 0.0599. The van der Waals surface area contributed by atoms with Crippen LogP contribution in [-0.2, 0) is 16.0 Å². The first kappa shape index (κ1) is 19.2. The third-order valence-electron chi connectivity index (χ3n) is 4.77. The molecule has 0 bridgehead atoms. The SMILES string of the molecule is CC(=O)c1cnc(NC(=O)C2CCN(C(=O)CCc3ccccc3)CC2)s1. The average Bonchev–Trinajstić information content (AvgIpc) is 3.16. The Morgan fingerprint density at radius 1 is 1.19 bits per heavy atom. The van der Waals surface area contributed by atoms with E-state index in [9.17, 15) is 14.4 Å². The number of nitrogens with zero attached hydrogens (tertiary/aromatic N) is 2. The van der Waals surface area contributed by atoms with E-state index in [1.165, 1.54) is 24.5 Å². The molecule has 0 radical (unpaired) electrons. The van der Waals surface area contributed by atoms with Gasteiger partial charge in [-0.1, -0.05) is 41.7 Å². The van der Waals surface area contributed by atoms with Gasteiger partial charge in [0.15, 0.2) is 10.9 Å². The second-order valence-electron chi connectivity index (χ2n) is 6.72. The highest BCUT2D eigenvalue weighted by Gasteiger charge is 2.27. The monoisotopic (exact) mass is 385 g/mol. The van der Waals surface area contributed by atoms with Gasteiger partial charge in [0, 0.05) is 32.4 Å². The number of carbonyl (C=O) groups excluding carboxylic acids is 3. The van der Waals surface area contributed by atoms with Crippen LogP contribution < -0.4 is 5.32 Å². The van der Waals surface area contributed by atoms with Crippen LogP contribution in [0.25, 0.3) is 0 Å². The van der Waals surface area contributed by atoms with Gasteiger partial charge in [-0.2, -0.15) is 0 Å². The maximum absolute atomic E-state index is 12.4. The van der Waals surface area contributed by atoms with Gasteiger partial charge in [-0.15, -0.1) is 0 Å². The Bertz CT molecular complexity index is 811. The zero-order valence-corrected chi connectivity index (χ0v) is 16.1. The van der Waals surface area contributed by atoms with Crippen molar-refractivity contribution in [3.63, 3.8) is 0 Å². The van der Waals surface area contributed by atoms with Crippen molar-refractivity contribution in [2.75, 3.05) is 18.4 Å². The molecule has 1 aromatic carbocycles. The number of rotatable bonds is 6. The van der Waals surface area contributed by atoms with Crippen molar-refractivity contribution in [1.29, 1.82) is 0 Å². The maximum atomic E-state index is 12.4. The highest BCUT2D eigenvalue weighted by molar-refractivity contribution is 7.17. The highest BCUT2D eigenvalue weighted by Crippen LogP contribution is 2.23. The largest absolute Gasteiger partial charge is 0.343 e. The summed E-state index contributed by atoms with van der Waals surface area (Å²) in [6.45, 7) is 2.67. The number of aryl methyl sites for hydroxylation is 1. The van der Waals surface area contributed by atoms with E-state index in [1.807, 2.05) is 35.2 Å². The fourth-order valence-electron chi connectivity index (χ4n) is 3.15. The van der Waals surface area contributed by atoms with Crippen LogP contribution in [-0.4, -0.2) is 40.6 Å². The summed E-state index contributed by atoms with van der Waals surface area (Å²) in [6.07, 6.45) is 4.01. The molecule has 1 aliphatic heterocycles. The number of amides is 2. The quantitative estimate of drug-likeness (QED) is 0.775. The van der Waals surface area contributed by atoms with Gasteiger partial charge in [0.05, 0.1) is 11.1 Å². The van der Waals surface area contributed by atoms with E-state index in [0.717, 1.165) is 12.0 Å². The fraction of sp³-hybridized carbons (Fsp3) is 0.400. The summed E-state index contributed by atoms with van der Waals surface area (Å²) in [4.78, 5) is 42.6. The molecule has 0 spiro atoms. The summed E-state index contributed by atoms with van der Waals surface area (Å²) in [6, 6.07) is 9.98. The van der Waals surface area contributed by atoms with Crippen molar-refractivity contribution in [2.45, 2.75) is 32.6 Å². The molecular weight excluding hydrogens is 362 g/mol. The number of carbonyl (C=O) groups is 3. The smallest absolute Gasteiger partial charge is 0.229 e. The van der Waals surface area contributed by atoms with E-state index in [-0.39, 0.29) is 23.5 Å². The number of Topliss-reactive ketones (excluding diaryl/α,β-unsaturated/α-hetero) is 1. The summed E-state index contributed by atoms with van der Waals surface area (Å²) in [5, 5.41) is 3.24. The van der Waals surface area contributed by atoms with Gasteiger partial charge in [0.25, 0.3) is 0 Å². The third kappa shape index (κ3) is 5.23. The number of thiazole rings is 1. The topological polar surface area (TPSA) is 79.4 Å². The first-order valence-corrected chi connectivity index (χ1v) is 9.94.